The molecule has 0 atom stereocenters. The molecule has 0 bridgehead atoms. The summed E-state index contributed by atoms with van der Waals surface area (Å²) in [4.78, 5) is 11.1. The molecule has 2 nitrogen and oxygen atoms in total. The van der Waals surface area contributed by atoms with Crippen molar-refractivity contribution < 1.29 is 18.7 Å². The van der Waals surface area contributed by atoms with Crippen molar-refractivity contribution in [1.29, 1.82) is 0 Å². The van der Waals surface area contributed by atoms with Crippen molar-refractivity contribution >= 4 is 17.7 Å². The minimum Gasteiger partial charge on any atom is -0.478 e. The Morgan fingerprint density at radius 1 is 1.06 bits per heavy atom. The molecule has 0 aliphatic rings. The second-order valence-electron chi connectivity index (χ2n) is 3.49. The fourth-order valence-electron chi connectivity index (χ4n) is 1.39. The molecule has 0 aromatic heterocycles. The summed E-state index contributed by atoms with van der Waals surface area (Å²) in [5.41, 5.74) is -0.401. The Balaban J connectivity index is 2.37. The maximum atomic E-state index is 13.6. The van der Waals surface area contributed by atoms with E-state index in [-0.39, 0.29) is 4.90 Å². The Kier molecular flexibility index (Phi) is 3.62. The summed E-state index contributed by atoms with van der Waals surface area (Å²) in [6, 6.07) is 10.4. The summed E-state index contributed by atoms with van der Waals surface area (Å²) in [5, 5.41) is 8.67. The molecule has 0 spiro atoms. The lowest BCUT2D eigenvalue weighted by molar-refractivity contribution is 0.0695. The second kappa shape index (κ2) is 5.18. The number of hydrogen-bond acceptors (Lipinski definition) is 2. The predicted octanol–water partition coefficient (Wildman–Crippen LogP) is 3.81. The molecular weight excluding hydrogens is 258 g/mol. The van der Waals surface area contributed by atoms with Crippen LogP contribution in [-0.2, 0) is 0 Å². The SMILES string of the molecule is O=C(O)c1cc(F)c(Sc2ccccc2)c(F)c1. The van der Waals surface area contributed by atoms with Crippen LogP contribution in [-0.4, -0.2) is 11.1 Å². The minimum absolute atomic E-state index is 0.203. The highest BCUT2D eigenvalue weighted by atomic mass is 32.2. The summed E-state index contributed by atoms with van der Waals surface area (Å²) in [6.07, 6.45) is 0. The number of carboxylic acid groups (broad SMARTS) is 1. The third-order valence-corrected chi connectivity index (χ3v) is 3.31. The number of halogens is 2. The Hall–Kier alpha value is -1.88. The number of aromatic carboxylic acids is 1. The standard InChI is InChI=1S/C13H8F2O2S/c14-10-6-8(13(16)17)7-11(15)12(10)18-9-4-2-1-3-5-9/h1-7H,(H,16,17). The average molecular weight is 266 g/mol. The fraction of sp³-hybridized carbons (Fsp3) is 0. The lowest BCUT2D eigenvalue weighted by atomic mass is 10.2. The van der Waals surface area contributed by atoms with Gasteiger partial charge in [0.1, 0.15) is 11.6 Å². The molecule has 0 aliphatic carbocycles. The van der Waals surface area contributed by atoms with Crippen LogP contribution in [0, 0.1) is 11.6 Å². The first-order valence-corrected chi connectivity index (χ1v) is 5.85. The maximum absolute atomic E-state index is 13.6. The van der Waals surface area contributed by atoms with Gasteiger partial charge in [-0.25, -0.2) is 13.6 Å². The molecule has 2 aromatic carbocycles. The van der Waals surface area contributed by atoms with E-state index < -0.39 is 23.2 Å². The number of carbonyl (C=O) groups is 1. The molecule has 0 radical (unpaired) electrons. The van der Waals surface area contributed by atoms with Crippen molar-refractivity contribution in [3.05, 3.63) is 59.7 Å². The average Bonchev–Trinajstić information content (AvgIpc) is 2.34. The fourth-order valence-corrected chi connectivity index (χ4v) is 2.23. The Bertz CT molecular complexity index is 562. The van der Waals surface area contributed by atoms with E-state index in [2.05, 4.69) is 0 Å². The topological polar surface area (TPSA) is 37.3 Å². The molecule has 1 N–H and O–H groups in total. The summed E-state index contributed by atoms with van der Waals surface area (Å²) < 4.78 is 27.3. The summed E-state index contributed by atoms with van der Waals surface area (Å²) in [6.45, 7) is 0. The van der Waals surface area contributed by atoms with E-state index in [9.17, 15) is 13.6 Å². The smallest absolute Gasteiger partial charge is 0.335 e. The molecule has 92 valence electrons. The van der Waals surface area contributed by atoms with Gasteiger partial charge in [-0.15, -0.1) is 0 Å². The highest BCUT2D eigenvalue weighted by molar-refractivity contribution is 7.99. The van der Waals surface area contributed by atoms with Crippen LogP contribution in [0.5, 0.6) is 0 Å². The monoisotopic (exact) mass is 266 g/mol. The van der Waals surface area contributed by atoms with Crippen LogP contribution in [0.2, 0.25) is 0 Å². The highest BCUT2D eigenvalue weighted by Gasteiger charge is 2.15. The van der Waals surface area contributed by atoms with E-state index in [1.807, 2.05) is 0 Å². The van der Waals surface area contributed by atoms with Gasteiger partial charge in [0.25, 0.3) is 0 Å². The van der Waals surface area contributed by atoms with Crippen LogP contribution in [0.25, 0.3) is 0 Å². The zero-order valence-corrected chi connectivity index (χ0v) is 9.88. The van der Waals surface area contributed by atoms with Gasteiger partial charge < -0.3 is 5.11 Å². The number of carboxylic acids is 1. The van der Waals surface area contributed by atoms with Gasteiger partial charge in [0.05, 0.1) is 10.5 Å². The molecule has 0 amide bonds. The van der Waals surface area contributed by atoms with Gasteiger partial charge in [0.15, 0.2) is 0 Å². The van der Waals surface area contributed by atoms with Crippen LogP contribution in [0.4, 0.5) is 8.78 Å². The molecular formula is C13H8F2O2S. The van der Waals surface area contributed by atoms with Gasteiger partial charge in [-0.05, 0) is 24.3 Å². The Labute approximate surface area is 106 Å². The molecule has 0 saturated heterocycles. The van der Waals surface area contributed by atoms with Gasteiger partial charge in [0.2, 0.25) is 0 Å². The van der Waals surface area contributed by atoms with Crippen molar-refractivity contribution in [3.63, 3.8) is 0 Å². The zero-order valence-electron chi connectivity index (χ0n) is 9.06. The van der Waals surface area contributed by atoms with Crippen LogP contribution in [0.15, 0.2) is 52.3 Å². The van der Waals surface area contributed by atoms with Gasteiger partial charge in [-0.3, -0.25) is 0 Å². The third kappa shape index (κ3) is 2.68. The lowest BCUT2D eigenvalue weighted by Crippen LogP contribution is -2.00. The summed E-state index contributed by atoms with van der Waals surface area (Å²) in [7, 11) is 0. The van der Waals surface area contributed by atoms with E-state index in [0.29, 0.717) is 4.90 Å². The van der Waals surface area contributed by atoms with E-state index in [0.717, 1.165) is 23.9 Å². The van der Waals surface area contributed by atoms with E-state index in [1.54, 1.807) is 30.3 Å². The molecule has 0 aliphatic heterocycles. The quantitative estimate of drug-likeness (QED) is 0.917. The number of hydrogen-bond donors (Lipinski definition) is 1. The van der Waals surface area contributed by atoms with E-state index in [1.165, 1.54) is 0 Å². The van der Waals surface area contributed by atoms with E-state index >= 15 is 0 Å². The summed E-state index contributed by atoms with van der Waals surface area (Å²) >= 11 is 0.918. The normalized spacial score (nSPS) is 10.3. The van der Waals surface area contributed by atoms with Crippen molar-refractivity contribution in [3.8, 4) is 0 Å². The molecule has 0 unspecified atom stereocenters. The first kappa shape index (κ1) is 12.6. The molecule has 0 saturated carbocycles. The van der Waals surface area contributed by atoms with Gasteiger partial charge in [-0.1, -0.05) is 30.0 Å². The van der Waals surface area contributed by atoms with Crippen LogP contribution in [0.3, 0.4) is 0 Å². The van der Waals surface area contributed by atoms with Gasteiger partial charge in [0, 0.05) is 4.90 Å². The second-order valence-corrected chi connectivity index (χ2v) is 4.57. The van der Waals surface area contributed by atoms with Crippen molar-refractivity contribution in [1.82, 2.24) is 0 Å². The van der Waals surface area contributed by atoms with E-state index in [4.69, 9.17) is 5.11 Å². The highest BCUT2D eigenvalue weighted by Crippen LogP contribution is 2.32. The third-order valence-electron chi connectivity index (χ3n) is 2.21. The Morgan fingerprint density at radius 3 is 2.11 bits per heavy atom. The van der Waals surface area contributed by atoms with Crippen molar-refractivity contribution in [2.75, 3.05) is 0 Å². The zero-order chi connectivity index (χ0) is 13.1. The van der Waals surface area contributed by atoms with Gasteiger partial charge in [-0.2, -0.15) is 0 Å². The molecule has 2 aromatic rings. The van der Waals surface area contributed by atoms with Crippen molar-refractivity contribution in [2.24, 2.45) is 0 Å². The predicted molar refractivity (Wildman–Crippen MR) is 63.9 cm³/mol. The lowest BCUT2D eigenvalue weighted by Gasteiger charge is -2.06. The first-order chi connectivity index (χ1) is 8.58. The number of benzene rings is 2. The van der Waals surface area contributed by atoms with Crippen LogP contribution in [0.1, 0.15) is 10.4 Å². The molecule has 0 heterocycles. The summed E-state index contributed by atoms with van der Waals surface area (Å²) in [5.74, 6) is -3.11. The molecule has 0 fully saturated rings. The van der Waals surface area contributed by atoms with Crippen LogP contribution >= 0.6 is 11.8 Å². The van der Waals surface area contributed by atoms with Gasteiger partial charge >= 0.3 is 5.97 Å². The number of rotatable bonds is 3. The Morgan fingerprint density at radius 2 is 1.61 bits per heavy atom. The molecule has 18 heavy (non-hydrogen) atoms. The molecule has 5 heteroatoms. The van der Waals surface area contributed by atoms with Crippen molar-refractivity contribution in [2.45, 2.75) is 9.79 Å². The maximum Gasteiger partial charge on any atom is 0.335 e. The largest absolute Gasteiger partial charge is 0.478 e. The van der Waals surface area contributed by atoms with Crippen LogP contribution < -0.4 is 0 Å². The first-order valence-electron chi connectivity index (χ1n) is 5.03. The molecule has 2 rings (SSSR count). The minimum atomic E-state index is -1.36.